The van der Waals surface area contributed by atoms with Gasteiger partial charge in [0.25, 0.3) is 0 Å². The fraction of sp³-hybridized carbons (Fsp3) is 0.526. The summed E-state index contributed by atoms with van der Waals surface area (Å²) in [5, 5.41) is 13.6. The van der Waals surface area contributed by atoms with E-state index in [0.717, 1.165) is 32.2 Å². The summed E-state index contributed by atoms with van der Waals surface area (Å²) >= 11 is 0. The van der Waals surface area contributed by atoms with Crippen molar-refractivity contribution in [2.75, 3.05) is 0 Å². The Bertz CT molecular complexity index is 703. The van der Waals surface area contributed by atoms with Crippen LogP contribution in [0.3, 0.4) is 0 Å². The molecule has 3 atom stereocenters. The van der Waals surface area contributed by atoms with Crippen molar-refractivity contribution in [3.05, 3.63) is 48.3 Å². The molecule has 2 aromatic rings. The van der Waals surface area contributed by atoms with Crippen molar-refractivity contribution in [3.63, 3.8) is 0 Å². The van der Waals surface area contributed by atoms with Gasteiger partial charge in [-0.15, -0.1) is 0 Å². The van der Waals surface area contributed by atoms with Gasteiger partial charge < -0.3 is 19.7 Å². The third-order valence-corrected chi connectivity index (χ3v) is 5.07. The Balaban J connectivity index is 1.33. The molecule has 0 saturated heterocycles. The predicted molar refractivity (Wildman–Crippen MR) is 91.6 cm³/mol. The van der Waals surface area contributed by atoms with Crippen molar-refractivity contribution in [2.24, 2.45) is 5.92 Å². The molecule has 0 radical (unpaired) electrons. The van der Waals surface area contributed by atoms with Gasteiger partial charge in [0.15, 0.2) is 11.6 Å². The van der Waals surface area contributed by atoms with Crippen molar-refractivity contribution in [3.8, 4) is 5.75 Å². The molecule has 1 heterocycles. The molecule has 1 aromatic carbocycles. The van der Waals surface area contributed by atoms with Crippen LogP contribution in [0.5, 0.6) is 5.75 Å². The van der Waals surface area contributed by atoms with E-state index in [0.29, 0.717) is 23.8 Å². The second kappa shape index (κ2) is 7.14. The van der Waals surface area contributed by atoms with Gasteiger partial charge in [0.2, 0.25) is 0 Å². The smallest absolute Gasteiger partial charge is 0.169 e. The van der Waals surface area contributed by atoms with E-state index in [9.17, 15) is 9.50 Å². The zero-order valence-corrected chi connectivity index (χ0v) is 14.1. The predicted octanol–water partition coefficient (Wildman–Crippen LogP) is 2.49. The fourth-order valence-corrected chi connectivity index (χ4v) is 3.57. The van der Waals surface area contributed by atoms with Crippen LogP contribution in [-0.2, 0) is 13.1 Å². The summed E-state index contributed by atoms with van der Waals surface area (Å²) in [6.07, 6.45) is 8.93. The van der Waals surface area contributed by atoms with Crippen LogP contribution in [0.15, 0.2) is 36.9 Å². The molecule has 2 N–H and O–H groups in total. The summed E-state index contributed by atoms with van der Waals surface area (Å²) in [7, 11) is 0. The Morgan fingerprint density at radius 3 is 2.96 bits per heavy atom. The van der Waals surface area contributed by atoms with Crippen LogP contribution >= 0.6 is 0 Å². The van der Waals surface area contributed by atoms with Gasteiger partial charge in [-0.2, -0.15) is 0 Å². The van der Waals surface area contributed by atoms with Gasteiger partial charge in [-0.25, -0.2) is 9.37 Å². The number of nitrogens with zero attached hydrogens (tertiary/aromatic N) is 2. The van der Waals surface area contributed by atoms with Gasteiger partial charge >= 0.3 is 0 Å². The molecule has 4 rings (SSSR count). The van der Waals surface area contributed by atoms with Gasteiger partial charge in [0.1, 0.15) is 0 Å². The van der Waals surface area contributed by atoms with Crippen molar-refractivity contribution in [2.45, 2.75) is 57.0 Å². The third kappa shape index (κ3) is 4.02. The van der Waals surface area contributed by atoms with Crippen molar-refractivity contribution in [1.29, 1.82) is 0 Å². The van der Waals surface area contributed by atoms with Gasteiger partial charge in [-0.3, -0.25) is 0 Å². The summed E-state index contributed by atoms with van der Waals surface area (Å²) in [6.45, 7) is 1.25. The molecule has 6 heteroatoms. The van der Waals surface area contributed by atoms with Crippen molar-refractivity contribution in [1.82, 2.24) is 14.9 Å². The average Bonchev–Trinajstić information content (AvgIpc) is 3.13. The first-order valence-electron chi connectivity index (χ1n) is 9.00. The highest BCUT2D eigenvalue weighted by atomic mass is 19.1. The van der Waals surface area contributed by atoms with Crippen LogP contribution in [0.2, 0.25) is 0 Å². The molecule has 1 aromatic heterocycles. The molecule has 25 heavy (non-hydrogen) atoms. The van der Waals surface area contributed by atoms with Crippen molar-refractivity contribution < 1.29 is 14.2 Å². The normalized spacial score (nSPS) is 26.1. The molecule has 0 spiro atoms. The minimum Gasteiger partial charge on any atom is -0.487 e. The van der Waals surface area contributed by atoms with E-state index in [4.69, 9.17) is 4.74 Å². The summed E-state index contributed by atoms with van der Waals surface area (Å²) in [6, 6.07) is 5.26. The number of ether oxygens (including phenoxy) is 1. The van der Waals surface area contributed by atoms with Crippen molar-refractivity contribution >= 4 is 0 Å². The molecule has 0 aliphatic heterocycles. The Hall–Kier alpha value is -1.92. The summed E-state index contributed by atoms with van der Waals surface area (Å²) in [5.74, 6) is 0.451. The van der Waals surface area contributed by atoms with Crippen LogP contribution in [0, 0.1) is 11.7 Å². The number of hydrogen-bond donors (Lipinski definition) is 2. The zero-order chi connectivity index (χ0) is 17.2. The van der Waals surface area contributed by atoms with Gasteiger partial charge in [0, 0.05) is 37.1 Å². The average molecular weight is 345 g/mol. The summed E-state index contributed by atoms with van der Waals surface area (Å²) < 4.78 is 22.2. The lowest BCUT2D eigenvalue weighted by molar-refractivity contribution is 0.145. The SMILES string of the molecule is O[C@@H]1CC(Cn2ccnc2)C[C@H]1NCc1cccc(OC2CC2)c1F. The molecule has 5 nitrogen and oxygen atoms in total. The molecule has 0 bridgehead atoms. The van der Waals surface area contributed by atoms with Gasteiger partial charge in [-0.05, 0) is 37.7 Å². The number of hydrogen-bond acceptors (Lipinski definition) is 4. The lowest BCUT2D eigenvalue weighted by atomic mass is 10.1. The largest absolute Gasteiger partial charge is 0.487 e. The number of nitrogens with one attached hydrogen (secondary N) is 1. The standard InChI is InChI=1S/C19H24FN3O2/c20-19-14(2-1-3-18(19)25-15-4-5-15)10-22-16-8-13(9-17(16)24)11-23-7-6-21-12-23/h1-3,6-7,12-13,15-17,22,24H,4-5,8-11H2/t13?,16-,17-/m1/s1. The first-order valence-corrected chi connectivity index (χ1v) is 9.00. The molecule has 2 aliphatic rings. The van der Waals surface area contributed by atoms with E-state index in [1.165, 1.54) is 0 Å². The summed E-state index contributed by atoms with van der Waals surface area (Å²) in [4.78, 5) is 4.05. The lowest BCUT2D eigenvalue weighted by Crippen LogP contribution is -2.35. The maximum atomic E-state index is 14.5. The number of aliphatic hydroxyl groups is 1. The molecule has 1 unspecified atom stereocenters. The molecule has 134 valence electrons. The number of aromatic nitrogens is 2. The number of rotatable bonds is 7. The number of aliphatic hydroxyl groups excluding tert-OH is 1. The molecule has 2 saturated carbocycles. The maximum absolute atomic E-state index is 14.5. The van der Waals surface area contributed by atoms with Crippen LogP contribution < -0.4 is 10.1 Å². The molecule has 2 fully saturated rings. The van der Waals surface area contributed by atoms with E-state index >= 15 is 0 Å². The van der Waals surface area contributed by atoms with E-state index in [-0.39, 0.29) is 18.0 Å². The highest BCUT2D eigenvalue weighted by Crippen LogP contribution is 2.31. The highest BCUT2D eigenvalue weighted by Gasteiger charge is 2.33. The Morgan fingerprint density at radius 2 is 2.20 bits per heavy atom. The van der Waals surface area contributed by atoms with E-state index in [2.05, 4.69) is 10.3 Å². The van der Waals surface area contributed by atoms with Crippen LogP contribution in [0.4, 0.5) is 4.39 Å². The zero-order valence-electron chi connectivity index (χ0n) is 14.1. The molecule has 0 amide bonds. The Labute approximate surface area is 146 Å². The Kier molecular flexibility index (Phi) is 4.72. The first-order chi connectivity index (χ1) is 12.2. The van der Waals surface area contributed by atoms with Crippen LogP contribution in [0.1, 0.15) is 31.2 Å². The van der Waals surface area contributed by atoms with Crippen LogP contribution in [-0.4, -0.2) is 32.9 Å². The monoisotopic (exact) mass is 345 g/mol. The third-order valence-electron chi connectivity index (χ3n) is 5.07. The van der Waals surface area contributed by atoms with E-state index < -0.39 is 6.10 Å². The first kappa shape index (κ1) is 16.5. The van der Waals surface area contributed by atoms with E-state index in [1.54, 1.807) is 24.7 Å². The molecular weight excluding hydrogens is 321 g/mol. The molecular formula is C19H24FN3O2. The lowest BCUT2D eigenvalue weighted by Gasteiger charge is -2.17. The number of benzene rings is 1. The summed E-state index contributed by atoms with van der Waals surface area (Å²) in [5.41, 5.74) is 0.586. The molecule has 2 aliphatic carbocycles. The van der Waals surface area contributed by atoms with E-state index in [1.807, 2.05) is 16.8 Å². The minimum atomic E-state index is -0.400. The minimum absolute atomic E-state index is 0.0130. The number of halogens is 1. The van der Waals surface area contributed by atoms with Gasteiger partial charge in [0.05, 0.1) is 18.5 Å². The van der Waals surface area contributed by atoms with Crippen LogP contribution in [0.25, 0.3) is 0 Å². The highest BCUT2D eigenvalue weighted by molar-refractivity contribution is 5.31. The second-order valence-corrected chi connectivity index (χ2v) is 7.20. The number of imidazole rings is 1. The fourth-order valence-electron chi connectivity index (χ4n) is 3.57. The Morgan fingerprint density at radius 1 is 1.32 bits per heavy atom. The quantitative estimate of drug-likeness (QED) is 0.809. The maximum Gasteiger partial charge on any atom is 0.169 e. The topological polar surface area (TPSA) is 59.3 Å². The second-order valence-electron chi connectivity index (χ2n) is 7.20. The van der Waals surface area contributed by atoms with Gasteiger partial charge in [-0.1, -0.05) is 12.1 Å².